The standard InChI is InChI=1S/C13H17N3O2/c1-2-16-12(14-9-15-16)8-11(17)13(18)10-6-4-3-5-7-10/h3-7,9,11,13,17-18H,2,8H2,1H3. The van der Waals surface area contributed by atoms with E-state index in [4.69, 9.17) is 0 Å². The van der Waals surface area contributed by atoms with Crippen LogP contribution < -0.4 is 0 Å². The maximum Gasteiger partial charge on any atom is 0.138 e. The molecule has 0 fully saturated rings. The van der Waals surface area contributed by atoms with Gasteiger partial charge in [0.05, 0.1) is 6.10 Å². The molecule has 0 aliphatic rings. The zero-order valence-electron chi connectivity index (χ0n) is 10.3. The fourth-order valence-electron chi connectivity index (χ4n) is 1.88. The summed E-state index contributed by atoms with van der Waals surface area (Å²) in [6.45, 7) is 2.65. The second-order valence-corrected chi connectivity index (χ2v) is 4.12. The maximum atomic E-state index is 10.0. The minimum atomic E-state index is -0.909. The van der Waals surface area contributed by atoms with Gasteiger partial charge in [0.25, 0.3) is 0 Å². The molecule has 0 aliphatic carbocycles. The third kappa shape index (κ3) is 2.75. The third-order valence-electron chi connectivity index (χ3n) is 2.89. The largest absolute Gasteiger partial charge is 0.390 e. The molecule has 0 amide bonds. The Labute approximate surface area is 106 Å². The van der Waals surface area contributed by atoms with Crippen LogP contribution in [-0.2, 0) is 13.0 Å². The molecule has 5 heteroatoms. The first-order valence-electron chi connectivity index (χ1n) is 6.00. The first kappa shape index (κ1) is 12.7. The highest BCUT2D eigenvalue weighted by molar-refractivity contribution is 5.18. The average molecular weight is 247 g/mol. The zero-order chi connectivity index (χ0) is 13.0. The van der Waals surface area contributed by atoms with Gasteiger partial charge in [-0.05, 0) is 12.5 Å². The fourth-order valence-corrected chi connectivity index (χ4v) is 1.88. The number of hydrogen-bond acceptors (Lipinski definition) is 4. The minimum absolute atomic E-state index is 0.282. The van der Waals surface area contributed by atoms with Crippen LogP contribution in [0.3, 0.4) is 0 Å². The van der Waals surface area contributed by atoms with Gasteiger partial charge in [0.2, 0.25) is 0 Å². The third-order valence-corrected chi connectivity index (χ3v) is 2.89. The van der Waals surface area contributed by atoms with E-state index in [-0.39, 0.29) is 6.42 Å². The molecule has 2 atom stereocenters. The lowest BCUT2D eigenvalue weighted by atomic mass is 10.0. The number of aromatic nitrogens is 3. The highest BCUT2D eigenvalue weighted by Crippen LogP contribution is 2.18. The number of aliphatic hydroxyl groups excluding tert-OH is 2. The number of aryl methyl sites for hydroxylation is 1. The normalized spacial score (nSPS) is 14.4. The Balaban J connectivity index is 2.06. The topological polar surface area (TPSA) is 71.2 Å². The van der Waals surface area contributed by atoms with Crippen LogP contribution in [0.5, 0.6) is 0 Å². The summed E-state index contributed by atoms with van der Waals surface area (Å²) in [6, 6.07) is 9.12. The Morgan fingerprint density at radius 1 is 1.22 bits per heavy atom. The van der Waals surface area contributed by atoms with Crippen molar-refractivity contribution in [2.45, 2.75) is 32.1 Å². The minimum Gasteiger partial charge on any atom is -0.390 e. The summed E-state index contributed by atoms with van der Waals surface area (Å²) in [5, 5.41) is 24.1. The number of hydrogen-bond donors (Lipinski definition) is 2. The summed E-state index contributed by atoms with van der Waals surface area (Å²) in [6.07, 6.45) is -0.0558. The van der Waals surface area contributed by atoms with Gasteiger partial charge in [-0.15, -0.1) is 0 Å². The summed E-state index contributed by atoms with van der Waals surface area (Å²) >= 11 is 0. The SMILES string of the molecule is CCn1ncnc1CC(O)C(O)c1ccccc1. The van der Waals surface area contributed by atoms with Gasteiger partial charge in [0.15, 0.2) is 0 Å². The van der Waals surface area contributed by atoms with Crippen molar-refractivity contribution >= 4 is 0 Å². The van der Waals surface area contributed by atoms with Crippen molar-refractivity contribution in [2.75, 3.05) is 0 Å². The summed E-state index contributed by atoms with van der Waals surface area (Å²) < 4.78 is 1.71. The lowest BCUT2D eigenvalue weighted by molar-refractivity contribution is 0.0172. The lowest BCUT2D eigenvalue weighted by Gasteiger charge is -2.17. The molecule has 2 unspecified atom stereocenters. The monoisotopic (exact) mass is 247 g/mol. The van der Waals surface area contributed by atoms with Gasteiger partial charge in [0.1, 0.15) is 18.3 Å². The van der Waals surface area contributed by atoms with Crippen molar-refractivity contribution in [1.82, 2.24) is 14.8 Å². The molecule has 0 aliphatic heterocycles. The van der Waals surface area contributed by atoms with Gasteiger partial charge >= 0.3 is 0 Å². The molecule has 1 aromatic heterocycles. The van der Waals surface area contributed by atoms with Gasteiger partial charge in [-0.2, -0.15) is 5.10 Å². The maximum absolute atomic E-state index is 10.0. The Morgan fingerprint density at radius 3 is 2.61 bits per heavy atom. The molecule has 5 nitrogen and oxygen atoms in total. The molecule has 0 spiro atoms. The molecule has 0 radical (unpaired) electrons. The predicted molar refractivity (Wildman–Crippen MR) is 66.8 cm³/mol. The zero-order valence-corrected chi connectivity index (χ0v) is 10.3. The fraction of sp³-hybridized carbons (Fsp3) is 0.385. The molecular weight excluding hydrogens is 230 g/mol. The summed E-state index contributed by atoms with van der Waals surface area (Å²) in [5.74, 6) is 0.681. The van der Waals surface area contributed by atoms with E-state index in [0.29, 0.717) is 17.9 Å². The van der Waals surface area contributed by atoms with E-state index in [2.05, 4.69) is 10.1 Å². The molecule has 0 saturated heterocycles. The Morgan fingerprint density at radius 2 is 1.94 bits per heavy atom. The van der Waals surface area contributed by atoms with E-state index in [0.717, 1.165) is 0 Å². The van der Waals surface area contributed by atoms with E-state index in [9.17, 15) is 10.2 Å². The Hall–Kier alpha value is -1.72. The van der Waals surface area contributed by atoms with Gasteiger partial charge in [-0.3, -0.25) is 4.68 Å². The summed E-state index contributed by atoms with van der Waals surface area (Å²) in [5.41, 5.74) is 0.701. The molecule has 2 N–H and O–H groups in total. The van der Waals surface area contributed by atoms with Gasteiger partial charge < -0.3 is 10.2 Å². The highest BCUT2D eigenvalue weighted by Gasteiger charge is 2.20. The Bertz CT molecular complexity index is 484. The van der Waals surface area contributed by atoms with Crippen molar-refractivity contribution < 1.29 is 10.2 Å². The van der Waals surface area contributed by atoms with Crippen LogP contribution in [0, 0.1) is 0 Å². The van der Waals surface area contributed by atoms with Gasteiger partial charge in [-0.1, -0.05) is 30.3 Å². The number of rotatable bonds is 5. The molecule has 1 aromatic carbocycles. The van der Waals surface area contributed by atoms with E-state index >= 15 is 0 Å². The van der Waals surface area contributed by atoms with Gasteiger partial charge in [-0.25, -0.2) is 4.98 Å². The highest BCUT2D eigenvalue weighted by atomic mass is 16.3. The van der Waals surface area contributed by atoms with Crippen molar-refractivity contribution in [1.29, 1.82) is 0 Å². The molecule has 0 bridgehead atoms. The van der Waals surface area contributed by atoms with Crippen LogP contribution in [0.15, 0.2) is 36.7 Å². The Kier molecular flexibility index (Phi) is 4.07. The van der Waals surface area contributed by atoms with Crippen LogP contribution in [0.2, 0.25) is 0 Å². The van der Waals surface area contributed by atoms with E-state index in [1.54, 1.807) is 16.8 Å². The molecular formula is C13H17N3O2. The number of aliphatic hydroxyl groups is 2. The first-order chi connectivity index (χ1) is 8.72. The molecule has 2 rings (SSSR count). The van der Waals surface area contributed by atoms with E-state index < -0.39 is 12.2 Å². The summed E-state index contributed by atoms with van der Waals surface area (Å²) in [7, 11) is 0. The summed E-state index contributed by atoms with van der Waals surface area (Å²) in [4.78, 5) is 4.08. The smallest absolute Gasteiger partial charge is 0.138 e. The van der Waals surface area contributed by atoms with E-state index in [1.165, 1.54) is 6.33 Å². The van der Waals surface area contributed by atoms with E-state index in [1.807, 2.05) is 25.1 Å². The second kappa shape index (κ2) is 5.75. The van der Waals surface area contributed by atoms with Crippen LogP contribution >= 0.6 is 0 Å². The molecule has 2 aromatic rings. The lowest BCUT2D eigenvalue weighted by Crippen LogP contribution is -2.23. The van der Waals surface area contributed by atoms with Crippen LogP contribution in [0.4, 0.5) is 0 Å². The van der Waals surface area contributed by atoms with Crippen molar-refractivity contribution in [3.63, 3.8) is 0 Å². The number of benzene rings is 1. The quantitative estimate of drug-likeness (QED) is 0.824. The van der Waals surface area contributed by atoms with Crippen LogP contribution in [0.25, 0.3) is 0 Å². The van der Waals surface area contributed by atoms with Gasteiger partial charge in [0, 0.05) is 13.0 Å². The molecule has 0 saturated carbocycles. The van der Waals surface area contributed by atoms with Crippen molar-refractivity contribution in [3.8, 4) is 0 Å². The van der Waals surface area contributed by atoms with Crippen molar-refractivity contribution in [3.05, 3.63) is 48.0 Å². The van der Waals surface area contributed by atoms with Crippen molar-refractivity contribution in [2.24, 2.45) is 0 Å². The first-order valence-corrected chi connectivity index (χ1v) is 6.00. The van der Waals surface area contributed by atoms with Crippen LogP contribution in [-0.4, -0.2) is 31.1 Å². The number of nitrogens with zero attached hydrogens (tertiary/aromatic N) is 3. The molecule has 1 heterocycles. The molecule has 96 valence electrons. The van der Waals surface area contributed by atoms with Crippen LogP contribution in [0.1, 0.15) is 24.4 Å². The predicted octanol–water partition coefficient (Wildman–Crippen LogP) is 0.935. The molecule has 18 heavy (non-hydrogen) atoms. The second-order valence-electron chi connectivity index (χ2n) is 4.12. The average Bonchev–Trinajstić information content (AvgIpc) is 2.86.